The van der Waals surface area contributed by atoms with Crippen molar-refractivity contribution in [1.29, 1.82) is 0 Å². The monoisotopic (exact) mass is 390 g/mol. The molecule has 0 amide bonds. The number of hydrogen-bond donors (Lipinski definition) is 1. The topological polar surface area (TPSA) is 74.4 Å². The maximum Gasteiger partial charge on any atom is 0.573 e. The van der Waals surface area contributed by atoms with E-state index in [-0.39, 0.29) is 17.8 Å². The van der Waals surface area contributed by atoms with Crippen LogP contribution in [0.1, 0.15) is 11.3 Å². The van der Waals surface area contributed by atoms with Gasteiger partial charge in [0.2, 0.25) is 0 Å². The number of carbonyl (C=O) groups excluding carboxylic acids is 1. The number of esters is 1. The number of nitrogens with zero attached hydrogens (tertiary/aromatic N) is 1. The van der Waals surface area contributed by atoms with E-state index in [1.54, 1.807) is 22.6 Å². The van der Waals surface area contributed by atoms with Crippen LogP contribution in [0.5, 0.6) is 5.75 Å². The highest BCUT2D eigenvalue weighted by Crippen LogP contribution is 2.32. The normalized spacial score (nSPS) is 11.3. The zero-order valence-electron chi connectivity index (χ0n) is 9.75. The standard InChI is InChI=1S/C10H10F3IN2O3/c1-18-8(17)2-7-9(19-10(11,12)13)5(3-15)6(14)4-16-7/h4H,2-3,15H2,1H3. The first kappa shape index (κ1) is 16.0. The van der Waals surface area contributed by atoms with Crippen LogP contribution >= 0.6 is 22.6 Å². The summed E-state index contributed by atoms with van der Waals surface area (Å²) in [5.74, 6) is -1.25. The van der Waals surface area contributed by atoms with E-state index in [1.807, 2.05) is 0 Å². The Morgan fingerprint density at radius 3 is 2.63 bits per heavy atom. The summed E-state index contributed by atoms with van der Waals surface area (Å²) in [6.45, 7) is -0.166. The Balaban J connectivity index is 3.25. The molecule has 2 N–H and O–H groups in total. The molecule has 9 heteroatoms. The second-order valence-corrected chi connectivity index (χ2v) is 4.53. The zero-order chi connectivity index (χ0) is 14.6. The Morgan fingerprint density at radius 2 is 2.16 bits per heavy atom. The molecule has 0 aliphatic rings. The van der Waals surface area contributed by atoms with Gasteiger partial charge in [0.15, 0.2) is 5.75 Å². The van der Waals surface area contributed by atoms with Crippen LogP contribution in [-0.4, -0.2) is 24.4 Å². The first-order chi connectivity index (χ1) is 8.78. The SMILES string of the molecule is COC(=O)Cc1ncc(I)c(CN)c1OC(F)(F)F. The van der Waals surface area contributed by atoms with Gasteiger partial charge in [-0.3, -0.25) is 9.78 Å². The van der Waals surface area contributed by atoms with Gasteiger partial charge in [-0.05, 0) is 22.6 Å². The molecule has 0 saturated heterocycles. The van der Waals surface area contributed by atoms with Gasteiger partial charge in [0.1, 0.15) is 0 Å². The summed E-state index contributed by atoms with van der Waals surface area (Å²) >= 11 is 1.79. The summed E-state index contributed by atoms with van der Waals surface area (Å²) < 4.78 is 45.9. The molecule has 0 saturated carbocycles. The quantitative estimate of drug-likeness (QED) is 0.627. The van der Waals surface area contributed by atoms with Crippen LogP contribution in [0.2, 0.25) is 0 Å². The molecule has 0 aliphatic heterocycles. The van der Waals surface area contributed by atoms with Crippen LogP contribution in [-0.2, 0) is 22.5 Å². The summed E-state index contributed by atoms with van der Waals surface area (Å²) in [6.07, 6.45) is -3.99. The maximum absolute atomic E-state index is 12.4. The molecular formula is C10H10F3IN2O3. The van der Waals surface area contributed by atoms with Crippen molar-refractivity contribution in [3.8, 4) is 5.75 Å². The van der Waals surface area contributed by atoms with E-state index >= 15 is 0 Å². The first-order valence-electron chi connectivity index (χ1n) is 4.97. The van der Waals surface area contributed by atoms with Crippen molar-refractivity contribution >= 4 is 28.6 Å². The van der Waals surface area contributed by atoms with E-state index < -0.39 is 24.5 Å². The number of methoxy groups -OCH3 is 1. The Labute approximate surface area is 120 Å². The predicted molar refractivity (Wildman–Crippen MR) is 67.2 cm³/mol. The summed E-state index contributed by atoms with van der Waals surface area (Å²) in [5, 5.41) is 0. The molecule has 0 radical (unpaired) electrons. The number of nitrogens with two attached hydrogens (primary N) is 1. The third kappa shape index (κ3) is 4.49. The molecule has 1 aromatic heterocycles. The van der Waals surface area contributed by atoms with Gasteiger partial charge in [-0.25, -0.2) is 0 Å². The van der Waals surface area contributed by atoms with Crippen molar-refractivity contribution in [3.05, 3.63) is 21.0 Å². The van der Waals surface area contributed by atoms with Crippen molar-refractivity contribution < 1.29 is 27.4 Å². The molecule has 1 heterocycles. The van der Waals surface area contributed by atoms with Crippen LogP contribution in [0.4, 0.5) is 13.2 Å². The molecular weight excluding hydrogens is 380 g/mol. The van der Waals surface area contributed by atoms with Gasteiger partial charge in [0.05, 0.1) is 19.2 Å². The fourth-order valence-corrected chi connectivity index (χ4v) is 1.92. The molecule has 1 rings (SSSR count). The smallest absolute Gasteiger partial charge is 0.469 e. The van der Waals surface area contributed by atoms with E-state index in [4.69, 9.17) is 5.73 Å². The number of alkyl halides is 3. The molecule has 0 aromatic carbocycles. The Hall–Kier alpha value is -1.10. The number of ether oxygens (including phenoxy) is 2. The van der Waals surface area contributed by atoms with Gasteiger partial charge in [0, 0.05) is 21.9 Å². The van der Waals surface area contributed by atoms with Gasteiger partial charge >= 0.3 is 12.3 Å². The number of hydrogen-bond acceptors (Lipinski definition) is 5. The number of pyridine rings is 1. The highest BCUT2D eigenvalue weighted by molar-refractivity contribution is 14.1. The molecule has 0 bridgehead atoms. The highest BCUT2D eigenvalue weighted by atomic mass is 127. The van der Waals surface area contributed by atoms with Crippen molar-refractivity contribution in [2.45, 2.75) is 19.3 Å². The van der Waals surface area contributed by atoms with E-state index in [0.29, 0.717) is 3.57 Å². The second kappa shape index (κ2) is 6.37. The molecule has 0 unspecified atom stereocenters. The van der Waals surface area contributed by atoms with E-state index in [2.05, 4.69) is 14.5 Å². The first-order valence-corrected chi connectivity index (χ1v) is 6.05. The average molecular weight is 390 g/mol. The molecule has 1 aromatic rings. The number of aromatic nitrogens is 1. The molecule has 19 heavy (non-hydrogen) atoms. The Bertz CT molecular complexity index is 480. The van der Waals surface area contributed by atoms with Crippen LogP contribution in [0.15, 0.2) is 6.20 Å². The lowest BCUT2D eigenvalue weighted by Crippen LogP contribution is -2.22. The van der Waals surface area contributed by atoms with Crippen molar-refractivity contribution in [2.24, 2.45) is 5.73 Å². The lowest BCUT2D eigenvalue weighted by molar-refractivity contribution is -0.275. The molecule has 0 aliphatic carbocycles. The summed E-state index contributed by atoms with van der Waals surface area (Å²) in [4.78, 5) is 14.9. The number of carbonyl (C=O) groups is 1. The second-order valence-electron chi connectivity index (χ2n) is 3.37. The largest absolute Gasteiger partial charge is 0.573 e. The summed E-state index contributed by atoms with van der Waals surface area (Å²) in [7, 11) is 1.13. The van der Waals surface area contributed by atoms with E-state index in [9.17, 15) is 18.0 Å². The minimum atomic E-state index is -4.89. The van der Waals surface area contributed by atoms with E-state index in [0.717, 1.165) is 7.11 Å². The van der Waals surface area contributed by atoms with E-state index in [1.165, 1.54) is 6.20 Å². The molecule has 106 valence electrons. The van der Waals surface area contributed by atoms with Gasteiger partial charge in [-0.2, -0.15) is 0 Å². The molecule has 0 atom stereocenters. The molecule has 0 spiro atoms. The molecule has 0 fully saturated rings. The van der Waals surface area contributed by atoms with Crippen LogP contribution in [0.25, 0.3) is 0 Å². The zero-order valence-corrected chi connectivity index (χ0v) is 11.9. The number of halogens is 4. The third-order valence-corrected chi connectivity index (χ3v) is 3.05. The predicted octanol–water partition coefficient (Wildman–Crippen LogP) is 1.76. The number of rotatable bonds is 4. The average Bonchev–Trinajstić information content (AvgIpc) is 2.31. The van der Waals surface area contributed by atoms with Gasteiger partial charge in [0.25, 0.3) is 0 Å². The highest BCUT2D eigenvalue weighted by Gasteiger charge is 2.34. The minimum Gasteiger partial charge on any atom is -0.469 e. The van der Waals surface area contributed by atoms with Crippen LogP contribution in [0, 0.1) is 3.57 Å². The summed E-state index contributed by atoms with van der Waals surface area (Å²) in [6, 6.07) is 0. The summed E-state index contributed by atoms with van der Waals surface area (Å²) in [5.41, 5.74) is 5.39. The third-order valence-electron chi connectivity index (χ3n) is 2.12. The Morgan fingerprint density at radius 1 is 1.53 bits per heavy atom. The van der Waals surface area contributed by atoms with Gasteiger partial charge in [-0.1, -0.05) is 0 Å². The van der Waals surface area contributed by atoms with Gasteiger partial charge in [-0.15, -0.1) is 13.2 Å². The maximum atomic E-state index is 12.4. The van der Waals surface area contributed by atoms with Crippen molar-refractivity contribution in [3.63, 3.8) is 0 Å². The minimum absolute atomic E-state index is 0.145. The Kier molecular flexibility index (Phi) is 5.35. The lowest BCUT2D eigenvalue weighted by Gasteiger charge is -2.16. The van der Waals surface area contributed by atoms with Crippen molar-refractivity contribution in [1.82, 2.24) is 4.98 Å². The molecule has 5 nitrogen and oxygen atoms in total. The lowest BCUT2D eigenvalue weighted by atomic mass is 10.1. The van der Waals surface area contributed by atoms with Gasteiger partial charge < -0.3 is 15.2 Å². The van der Waals surface area contributed by atoms with Crippen molar-refractivity contribution in [2.75, 3.05) is 7.11 Å². The fourth-order valence-electron chi connectivity index (χ4n) is 1.32. The van der Waals surface area contributed by atoms with Crippen LogP contribution in [0.3, 0.4) is 0 Å². The fraction of sp³-hybridized carbons (Fsp3) is 0.400. The van der Waals surface area contributed by atoms with Crippen LogP contribution < -0.4 is 10.5 Å².